The minimum atomic E-state index is -0.557. The van der Waals surface area contributed by atoms with E-state index >= 15 is 0 Å². The van der Waals surface area contributed by atoms with Gasteiger partial charge in [0.15, 0.2) is 5.69 Å². The van der Waals surface area contributed by atoms with Gasteiger partial charge in [0, 0.05) is 17.4 Å². The summed E-state index contributed by atoms with van der Waals surface area (Å²) in [7, 11) is 0. The fourth-order valence-corrected chi connectivity index (χ4v) is 3.13. The van der Waals surface area contributed by atoms with Gasteiger partial charge in [-0.25, -0.2) is 14.1 Å². The minimum Gasteiger partial charge on any atom is -0.321 e. The van der Waals surface area contributed by atoms with E-state index in [4.69, 9.17) is 11.6 Å². The third kappa shape index (κ3) is 4.47. The molecular formula is C22H16ClFN6O2. The highest BCUT2D eigenvalue weighted by Gasteiger charge is 2.18. The lowest BCUT2D eigenvalue weighted by Crippen LogP contribution is -2.16. The number of carbonyl (C=O) groups is 2. The van der Waals surface area contributed by atoms with Crippen molar-refractivity contribution >= 4 is 34.9 Å². The van der Waals surface area contributed by atoms with Crippen LogP contribution in [0.3, 0.4) is 0 Å². The molecule has 0 unspecified atom stereocenters. The topological polar surface area (TPSA) is 102 Å². The molecule has 2 N–H and O–H groups in total. The van der Waals surface area contributed by atoms with Gasteiger partial charge in [0.25, 0.3) is 11.8 Å². The van der Waals surface area contributed by atoms with Crippen molar-refractivity contribution in [2.75, 3.05) is 10.6 Å². The van der Waals surface area contributed by atoms with Crippen molar-refractivity contribution in [2.24, 2.45) is 0 Å². The van der Waals surface area contributed by atoms with Gasteiger partial charge in [0.05, 0.1) is 16.4 Å². The van der Waals surface area contributed by atoms with Crippen LogP contribution in [0, 0.1) is 12.7 Å². The first-order valence-electron chi connectivity index (χ1n) is 9.44. The quantitative estimate of drug-likeness (QED) is 0.473. The van der Waals surface area contributed by atoms with E-state index < -0.39 is 11.7 Å². The van der Waals surface area contributed by atoms with Gasteiger partial charge >= 0.3 is 0 Å². The number of hydrogen-bond acceptors (Lipinski definition) is 5. The Bertz CT molecular complexity index is 1310. The Kier molecular flexibility index (Phi) is 5.91. The molecule has 0 atom stereocenters. The van der Waals surface area contributed by atoms with Crippen LogP contribution in [0.15, 0.2) is 66.9 Å². The summed E-state index contributed by atoms with van der Waals surface area (Å²) in [6.45, 7) is 1.66. The van der Waals surface area contributed by atoms with Gasteiger partial charge in [-0.2, -0.15) is 0 Å². The zero-order chi connectivity index (χ0) is 22.7. The number of amides is 2. The lowest BCUT2D eigenvalue weighted by Gasteiger charge is -2.08. The van der Waals surface area contributed by atoms with Crippen molar-refractivity contribution in [3.63, 3.8) is 0 Å². The van der Waals surface area contributed by atoms with Crippen LogP contribution in [0.4, 0.5) is 15.9 Å². The molecule has 32 heavy (non-hydrogen) atoms. The second-order valence-corrected chi connectivity index (χ2v) is 7.14. The van der Waals surface area contributed by atoms with Crippen LogP contribution < -0.4 is 10.6 Å². The van der Waals surface area contributed by atoms with Crippen molar-refractivity contribution in [1.82, 2.24) is 20.0 Å². The van der Waals surface area contributed by atoms with E-state index in [1.54, 1.807) is 49.5 Å². The molecule has 0 aliphatic heterocycles. The Labute approximate surface area is 187 Å². The van der Waals surface area contributed by atoms with Gasteiger partial charge in [0.2, 0.25) is 0 Å². The molecule has 0 bridgehead atoms. The van der Waals surface area contributed by atoms with Crippen LogP contribution in [0.1, 0.15) is 26.5 Å². The molecular weight excluding hydrogens is 435 g/mol. The van der Waals surface area contributed by atoms with Crippen molar-refractivity contribution in [1.29, 1.82) is 0 Å². The molecule has 0 saturated heterocycles. The second-order valence-electron chi connectivity index (χ2n) is 6.74. The molecule has 2 amide bonds. The molecule has 4 rings (SSSR count). The normalized spacial score (nSPS) is 10.6. The van der Waals surface area contributed by atoms with Crippen LogP contribution in [-0.2, 0) is 0 Å². The first kappa shape index (κ1) is 21.1. The maximum atomic E-state index is 13.4. The van der Waals surface area contributed by atoms with Gasteiger partial charge < -0.3 is 10.6 Å². The number of aromatic nitrogens is 4. The number of hydrogen-bond donors (Lipinski definition) is 2. The van der Waals surface area contributed by atoms with Crippen LogP contribution in [0.5, 0.6) is 0 Å². The van der Waals surface area contributed by atoms with Crippen molar-refractivity contribution in [3.8, 4) is 5.69 Å². The molecule has 10 heteroatoms. The van der Waals surface area contributed by atoms with E-state index in [1.807, 2.05) is 0 Å². The standard InChI is InChI=1S/C22H16ClFN6O2/c1-13-20(28-29-30(13)16-8-9-18(24)17(23)12-16)22(32)26-15-6-4-5-14(11-15)21(31)27-19-7-2-3-10-25-19/h2-12H,1H3,(H,26,32)(H,25,27,31). The minimum absolute atomic E-state index is 0.0656. The number of benzene rings is 2. The second kappa shape index (κ2) is 8.94. The SMILES string of the molecule is Cc1c(C(=O)Nc2cccc(C(=O)Nc3ccccn3)c2)nnn1-c1ccc(F)c(Cl)c1. The van der Waals surface area contributed by atoms with Crippen molar-refractivity contribution in [3.05, 3.63) is 94.7 Å². The molecule has 0 saturated carbocycles. The molecule has 8 nitrogen and oxygen atoms in total. The number of nitrogens with one attached hydrogen (secondary N) is 2. The maximum Gasteiger partial charge on any atom is 0.278 e. The molecule has 0 fully saturated rings. The van der Waals surface area contributed by atoms with Gasteiger partial charge in [0.1, 0.15) is 11.6 Å². The van der Waals surface area contributed by atoms with E-state index in [-0.39, 0.29) is 16.6 Å². The lowest BCUT2D eigenvalue weighted by atomic mass is 10.2. The summed E-state index contributed by atoms with van der Waals surface area (Å²) in [5.41, 5.74) is 1.73. The van der Waals surface area contributed by atoms with Crippen molar-refractivity contribution in [2.45, 2.75) is 6.92 Å². The number of halogens is 2. The molecule has 2 heterocycles. The molecule has 2 aromatic carbocycles. The summed E-state index contributed by atoms with van der Waals surface area (Å²) in [6.07, 6.45) is 1.57. The summed E-state index contributed by atoms with van der Waals surface area (Å²) < 4.78 is 14.8. The van der Waals surface area contributed by atoms with E-state index in [2.05, 4.69) is 25.9 Å². The third-order valence-electron chi connectivity index (χ3n) is 4.55. The van der Waals surface area contributed by atoms with E-state index in [0.29, 0.717) is 28.5 Å². The smallest absolute Gasteiger partial charge is 0.278 e. The molecule has 2 aromatic heterocycles. The zero-order valence-electron chi connectivity index (χ0n) is 16.7. The molecule has 4 aromatic rings. The summed E-state index contributed by atoms with van der Waals surface area (Å²) in [6, 6.07) is 15.7. The van der Waals surface area contributed by atoms with Crippen LogP contribution in [0.25, 0.3) is 5.69 Å². The first-order valence-corrected chi connectivity index (χ1v) is 9.81. The Morgan fingerprint density at radius 1 is 1.00 bits per heavy atom. The van der Waals surface area contributed by atoms with Crippen LogP contribution >= 0.6 is 11.6 Å². The molecule has 160 valence electrons. The summed E-state index contributed by atoms with van der Waals surface area (Å²) in [4.78, 5) is 29.3. The number of rotatable bonds is 5. The number of carbonyl (C=O) groups excluding carboxylic acids is 2. The van der Waals surface area contributed by atoms with Crippen LogP contribution in [-0.4, -0.2) is 31.8 Å². The largest absolute Gasteiger partial charge is 0.321 e. The molecule has 0 aliphatic carbocycles. The zero-order valence-corrected chi connectivity index (χ0v) is 17.5. The average Bonchev–Trinajstić information content (AvgIpc) is 3.18. The van der Waals surface area contributed by atoms with Crippen LogP contribution in [0.2, 0.25) is 5.02 Å². The predicted octanol–water partition coefficient (Wildman–Crippen LogP) is 4.27. The summed E-state index contributed by atoms with van der Waals surface area (Å²) in [5, 5.41) is 13.2. The summed E-state index contributed by atoms with van der Waals surface area (Å²) in [5.74, 6) is -1.02. The third-order valence-corrected chi connectivity index (χ3v) is 4.84. The van der Waals surface area contributed by atoms with Gasteiger partial charge in [-0.1, -0.05) is 28.9 Å². The Balaban J connectivity index is 1.51. The Morgan fingerprint density at radius 2 is 1.84 bits per heavy atom. The molecule has 0 aliphatic rings. The fraction of sp³-hybridized carbons (Fsp3) is 0.0455. The first-order chi connectivity index (χ1) is 15.4. The Morgan fingerprint density at radius 3 is 2.59 bits per heavy atom. The van der Waals surface area contributed by atoms with Gasteiger partial charge in [-0.15, -0.1) is 5.10 Å². The monoisotopic (exact) mass is 450 g/mol. The number of pyridine rings is 1. The van der Waals surface area contributed by atoms with Gasteiger partial charge in [-0.05, 0) is 55.5 Å². The maximum absolute atomic E-state index is 13.4. The number of nitrogens with zero attached hydrogens (tertiary/aromatic N) is 4. The molecule has 0 spiro atoms. The average molecular weight is 451 g/mol. The predicted molar refractivity (Wildman–Crippen MR) is 118 cm³/mol. The highest BCUT2D eigenvalue weighted by atomic mass is 35.5. The molecule has 0 radical (unpaired) electrons. The van der Waals surface area contributed by atoms with Gasteiger partial charge in [-0.3, -0.25) is 9.59 Å². The Hall–Kier alpha value is -4.11. The van der Waals surface area contributed by atoms with E-state index in [9.17, 15) is 14.0 Å². The summed E-state index contributed by atoms with van der Waals surface area (Å²) >= 11 is 5.83. The lowest BCUT2D eigenvalue weighted by molar-refractivity contribution is 0.101. The van der Waals surface area contributed by atoms with Crippen molar-refractivity contribution < 1.29 is 14.0 Å². The highest BCUT2D eigenvalue weighted by Crippen LogP contribution is 2.21. The van der Waals surface area contributed by atoms with E-state index in [0.717, 1.165) is 0 Å². The number of anilines is 2. The fourth-order valence-electron chi connectivity index (χ4n) is 2.95. The van der Waals surface area contributed by atoms with E-state index in [1.165, 1.54) is 28.9 Å². The highest BCUT2D eigenvalue weighted by molar-refractivity contribution is 6.30.